The lowest BCUT2D eigenvalue weighted by Crippen LogP contribution is -2.35. The van der Waals surface area contributed by atoms with Crippen LogP contribution in [0.15, 0.2) is 0 Å². The van der Waals surface area contributed by atoms with Gasteiger partial charge in [-0.1, -0.05) is 20.3 Å². The molecule has 0 aliphatic carbocycles. The molecule has 2 nitrogen and oxygen atoms in total. The van der Waals surface area contributed by atoms with Gasteiger partial charge in [0.25, 0.3) is 0 Å². The van der Waals surface area contributed by atoms with E-state index in [1.54, 1.807) is 0 Å². The zero-order chi connectivity index (χ0) is 9.45. The van der Waals surface area contributed by atoms with Crippen molar-refractivity contribution < 1.29 is 14.2 Å². The number of hydrogen-bond donors (Lipinski definition) is 1. The van der Waals surface area contributed by atoms with Gasteiger partial charge in [-0.15, -0.1) is 0 Å². The fourth-order valence-corrected chi connectivity index (χ4v) is 0.895. The van der Waals surface area contributed by atoms with E-state index in [-0.39, 0.29) is 6.61 Å². The van der Waals surface area contributed by atoms with Crippen molar-refractivity contribution >= 4 is 0 Å². The molecule has 1 fully saturated rings. The minimum atomic E-state index is -1.35. The lowest BCUT2D eigenvalue weighted by Gasteiger charge is -2.26. The van der Waals surface area contributed by atoms with Gasteiger partial charge in [-0.25, -0.2) is 4.39 Å². The summed E-state index contributed by atoms with van der Waals surface area (Å²) in [6, 6.07) is 0. The highest BCUT2D eigenvalue weighted by Crippen LogP contribution is 2.23. The molecule has 0 aromatic rings. The number of rotatable bonds is 1. The smallest absolute Gasteiger partial charge is 0.138 e. The maximum absolute atomic E-state index is 13.0. The Hall–Kier alpha value is -0.150. The van der Waals surface area contributed by atoms with Crippen LogP contribution in [0.4, 0.5) is 4.39 Å². The molecule has 0 saturated carbocycles. The molecular weight excluding hydrogens is 159 g/mol. The van der Waals surface area contributed by atoms with Crippen LogP contribution in [0.3, 0.4) is 0 Å². The molecule has 0 atom stereocenters. The number of ether oxygens (including phenoxy) is 1. The second-order valence-corrected chi connectivity index (χ2v) is 3.13. The van der Waals surface area contributed by atoms with Crippen molar-refractivity contribution in [3.63, 3.8) is 0 Å². The highest BCUT2D eigenvalue weighted by molar-refractivity contribution is 4.80. The summed E-state index contributed by atoms with van der Waals surface area (Å²) in [5.41, 5.74) is -1.35. The highest BCUT2D eigenvalue weighted by Gasteiger charge is 2.30. The van der Waals surface area contributed by atoms with E-state index in [0.717, 1.165) is 0 Å². The largest absolute Gasteiger partial charge is 0.393 e. The molecule has 0 radical (unpaired) electrons. The van der Waals surface area contributed by atoms with E-state index in [1.165, 1.54) is 6.42 Å². The molecular formula is C9H19FO2. The van der Waals surface area contributed by atoms with Crippen LogP contribution in [-0.2, 0) is 4.74 Å². The summed E-state index contributed by atoms with van der Waals surface area (Å²) in [5.74, 6) is 0. The number of hydrogen-bond acceptors (Lipinski definition) is 2. The Bertz CT molecular complexity index is 101. The first kappa shape index (κ1) is 11.8. The van der Waals surface area contributed by atoms with Crippen molar-refractivity contribution in [3.8, 4) is 0 Å². The quantitative estimate of drug-likeness (QED) is 0.664. The van der Waals surface area contributed by atoms with E-state index in [4.69, 9.17) is 9.84 Å². The Labute approximate surface area is 73.7 Å². The van der Waals surface area contributed by atoms with Crippen LogP contribution >= 0.6 is 0 Å². The van der Waals surface area contributed by atoms with Crippen molar-refractivity contribution in [2.75, 3.05) is 19.8 Å². The molecule has 1 aliphatic heterocycles. The number of halogens is 1. The first-order valence-corrected chi connectivity index (χ1v) is 4.56. The Kier molecular flexibility index (Phi) is 6.30. The second kappa shape index (κ2) is 6.38. The van der Waals surface area contributed by atoms with Gasteiger partial charge in [-0.05, 0) is 0 Å². The van der Waals surface area contributed by atoms with E-state index in [0.29, 0.717) is 26.1 Å². The molecule has 74 valence electrons. The second-order valence-electron chi connectivity index (χ2n) is 3.13. The van der Waals surface area contributed by atoms with Crippen molar-refractivity contribution in [2.24, 2.45) is 0 Å². The molecule has 1 heterocycles. The normalized spacial score (nSPS) is 21.0. The fourth-order valence-electron chi connectivity index (χ4n) is 0.895. The molecule has 0 unspecified atom stereocenters. The van der Waals surface area contributed by atoms with Gasteiger partial charge < -0.3 is 9.84 Å². The van der Waals surface area contributed by atoms with Gasteiger partial charge in [-0.3, -0.25) is 0 Å². The van der Waals surface area contributed by atoms with Gasteiger partial charge in [0.1, 0.15) is 5.67 Å². The number of alkyl halides is 1. The molecule has 0 amide bonds. The molecule has 1 aliphatic rings. The predicted octanol–water partition coefficient (Wildman–Crippen LogP) is 1.91. The van der Waals surface area contributed by atoms with Gasteiger partial charge in [0.05, 0.1) is 6.61 Å². The van der Waals surface area contributed by atoms with E-state index in [9.17, 15) is 4.39 Å². The maximum atomic E-state index is 13.0. The minimum absolute atomic E-state index is 0.337. The third-order valence-corrected chi connectivity index (χ3v) is 1.67. The summed E-state index contributed by atoms with van der Waals surface area (Å²) in [6.07, 6.45) is 1.92. The Morgan fingerprint density at radius 1 is 1.33 bits per heavy atom. The van der Waals surface area contributed by atoms with Crippen LogP contribution in [0, 0.1) is 0 Å². The monoisotopic (exact) mass is 178 g/mol. The van der Waals surface area contributed by atoms with Gasteiger partial charge in [0.2, 0.25) is 0 Å². The third-order valence-electron chi connectivity index (χ3n) is 1.67. The molecule has 0 aromatic heterocycles. The van der Waals surface area contributed by atoms with Gasteiger partial charge >= 0.3 is 0 Å². The number of aliphatic hydroxyl groups is 1. The fraction of sp³-hybridized carbons (Fsp3) is 1.00. The van der Waals surface area contributed by atoms with Crippen LogP contribution in [0.2, 0.25) is 0 Å². The lowest BCUT2D eigenvalue weighted by atomic mass is 9.98. The van der Waals surface area contributed by atoms with Gasteiger partial charge in [-0.2, -0.15) is 0 Å². The SMILES string of the molecule is CCC.OCC1(F)CCOCC1. The van der Waals surface area contributed by atoms with E-state index < -0.39 is 5.67 Å². The summed E-state index contributed by atoms with van der Waals surface area (Å²) in [6.45, 7) is 4.77. The minimum Gasteiger partial charge on any atom is -0.393 e. The van der Waals surface area contributed by atoms with Crippen LogP contribution in [0.25, 0.3) is 0 Å². The summed E-state index contributed by atoms with van der Waals surface area (Å²) < 4.78 is 17.9. The summed E-state index contributed by atoms with van der Waals surface area (Å²) in [4.78, 5) is 0. The Morgan fingerprint density at radius 3 is 2.00 bits per heavy atom. The zero-order valence-corrected chi connectivity index (χ0v) is 7.98. The lowest BCUT2D eigenvalue weighted by molar-refractivity contribution is -0.0380. The van der Waals surface area contributed by atoms with Crippen molar-refractivity contribution in [2.45, 2.75) is 38.8 Å². The van der Waals surface area contributed by atoms with Crippen molar-refractivity contribution in [3.05, 3.63) is 0 Å². The average Bonchev–Trinajstić information content (AvgIpc) is 2.07. The van der Waals surface area contributed by atoms with Crippen LogP contribution in [-0.4, -0.2) is 30.6 Å². The van der Waals surface area contributed by atoms with Gasteiger partial charge in [0, 0.05) is 26.1 Å². The predicted molar refractivity (Wildman–Crippen MR) is 46.9 cm³/mol. The third kappa shape index (κ3) is 4.67. The van der Waals surface area contributed by atoms with Crippen molar-refractivity contribution in [1.82, 2.24) is 0 Å². The van der Waals surface area contributed by atoms with E-state index in [2.05, 4.69) is 13.8 Å². The molecule has 12 heavy (non-hydrogen) atoms. The summed E-state index contributed by atoms with van der Waals surface area (Å²) in [7, 11) is 0. The first-order chi connectivity index (χ1) is 5.68. The van der Waals surface area contributed by atoms with Gasteiger partial charge in [0.15, 0.2) is 0 Å². The van der Waals surface area contributed by atoms with E-state index in [1.807, 2.05) is 0 Å². The molecule has 1 rings (SSSR count). The Balaban J connectivity index is 0.000000354. The molecule has 0 bridgehead atoms. The molecule has 3 heteroatoms. The molecule has 0 aromatic carbocycles. The van der Waals surface area contributed by atoms with Crippen LogP contribution in [0.1, 0.15) is 33.1 Å². The van der Waals surface area contributed by atoms with Crippen LogP contribution in [0.5, 0.6) is 0 Å². The molecule has 1 saturated heterocycles. The molecule has 1 N–H and O–H groups in total. The maximum Gasteiger partial charge on any atom is 0.138 e. The molecule has 0 spiro atoms. The Morgan fingerprint density at radius 2 is 1.75 bits per heavy atom. The standard InChI is InChI=1S/C6H11FO2.C3H8/c7-6(5-8)1-3-9-4-2-6;1-3-2/h8H,1-5H2;3H2,1-2H3. The van der Waals surface area contributed by atoms with Crippen molar-refractivity contribution in [1.29, 1.82) is 0 Å². The van der Waals surface area contributed by atoms with E-state index >= 15 is 0 Å². The zero-order valence-electron chi connectivity index (χ0n) is 7.98. The van der Waals surface area contributed by atoms with Crippen LogP contribution < -0.4 is 0 Å². The average molecular weight is 178 g/mol. The number of aliphatic hydroxyl groups excluding tert-OH is 1. The topological polar surface area (TPSA) is 29.5 Å². The summed E-state index contributed by atoms with van der Waals surface area (Å²) >= 11 is 0. The highest BCUT2D eigenvalue weighted by atomic mass is 19.1. The summed E-state index contributed by atoms with van der Waals surface area (Å²) in [5, 5.41) is 8.52. The first-order valence-electron chi connectivity index (χ1n) is 4.56.